The van der Waals surface area contributed by atoms with Crippen LogP contribution >= 0.6 is 11.3 Å². The van der Waals surface area contributed by atoms with Gasteiger partial charge in [0.2, 0.25) is 0 Å². The van der Waals surface area contributed by atoms with Gasteiger partial charge in [-0.25, -0.2) is 9.97 Å². The third kappa shape index (κ3) is 4.22. The minimum absolute atomic E-state index is 0.561. The van der Waals surface area contributed by atoms with Crippen LogP contribution in [0.2, 0.25) is 0 Å². The van der Waals surface area contributed by atoms with E-state index in [2.05, 4.69) is 60.5 Å². The van der Waals surface area contributed by atoms with Crippen molar-refractivity contribution in [3.05, 3.63) is 53.2 Å². The topological polar surface area (TPSA) is 37.8 Å². The molecule has 0 atom stereocenters. The molecule has 1 aliphatic carbocycles. The van der Waals surface area contributed by atoms with Crippen molar-refractivity contribution in [3.8, 4) is 21.7 Å². The fraction of sp³-hybridized carbons (Fsp3) is 0.391. The largest absolute Gasteiger partial charge is 0.367 e. The van der Waals surface area contributed by atoms with E-state index in [1.165, 1.54) is 58.7 Å². The van der Waals surface area contributed by atoms with Crippen molar-refractivity contribution in [1.29, 1.82) is 0 Å². The Morgan fingerprint density at radius 2 is 1.93 bits per heavy atom. The molecule has 2 heterocycles. The molecule has 4 rings (SSSR count). The Kier molecular flexibility index (Phi) is 5.53. The van der Waals surface area contributed by atoms with Gasteiger partial charge in [-0.05, 0) is 49.9 Å². The molecule has 140 valence electrons. The lowest BCUT2D eigenvalue weighted by Crippen LogP contribution is -2.22. The Balaban J connectivity index is 1.68. The highest BCUT2D eigenvalue weighted by Crippen LogP contribution is 2.38. The summed E-state index contributed by atoms with van der Waals surface area (Å²) in [4.78, 5) is 10.8. The zero-order valence-corrected chi connectivity index (χ0v) is 17.0. The average molecular weight is 378 g/mol. The molecule has 4 heteroatoms. The van der Waals surface area contributed by atoms with Crippen molar-refractivity contribution < 1.29 is 0 Å². The van der Waals surface area contributed by atoms with Gasteiger partial charge in [-0.2, -0.15) is 0 Å². The summed E-state index contributed by atoms with van der Waals surface area (Å²) in [5.74, 6) is 0.987. The monoisotopic (exact) mass is 377 g/mol. The van der Waals surface area contributed by atoms with Gasteiger partial charge in [0.1, 0.15) is 5.82 Å². The summed E-state index contributed by atoms with van der Waals surface area (Å²) in [5.41, 5.74) is 4.76. The summed E-state index contributed by atoms with van der Waals surface area (Å²) in [5, 5.41) is 4.83. The molecular formula is C23H27N3S. The van der Waals surface area contributed by atoms with Gasteiger partial charge in [0.05, 0.1) is 15.6 Å². The molecule has 3 aromatic rings. The number of hydrogen-bond donors (Lipinski definition) is 1. The first-order valence-electron chi connectivity index (χ1n) is 10.0. The van der Waals surface area contributed by atoms with E-state index in [1.807, 2.05) is 6.20 Å². The van der Waals surface area contributed by atoms with Crippen LogP contribution < -0.4 is 5.32 Å². The number of rotatable bonds is 5. The summed E-state index contributed by atoms with van der Waals surface area (Å²) < 4.78 is 0. The van der Waals surface area contributed by atoms with Crippen molar-refractivity contribution in [3.63, 3.8) is 0 Å². The van der Waals surface area contributed by atoms with Crippen molar-refractivity contribution in [1.82, 2.24) is 9.97 Å². The molecule has 3 nitrogen and oxygen atoms in total. The Morgan fingerprint density at radius 3 is 2.70 bits per heavy atom. The molecule has 0 spiro atoms. The molecule has 1 aliphatic rings. The molecule has 0 saturated heterocycles. The second-order valence-electron chi connectivity index (χ2n) is 7.42. The number of anilines is 1. The molecule has 1 fully saturated rings. The number of pyridine rings is 1. The maximum absolute atomic E-state index is 4.94. The summed E-state index contributed by atoms with van der Waals surface area (Å²) >= 11 is 1.80. The fourth-order valence-electron chi connectivity index (χ4n) is 3.81. The zero-order valence-electron chi connectivity index (χ0n) is 16.2. The molecule has 27 heavy (non-hydrogen) atoms. The number of hydrogen-bond acceptors (Lipinski definition) is 4. The quantitative estimate of drug-likeness (QED) is 0.552. The SMILES string of the molecule is CCc1nc(-c2cccc(C)c2)c(-c2ccnc(NC3CCCCC3)c2)s1. The van der Waals surface area contributed by atoms with Crippen LogP contribution in [0.25, 0.3) is 21.7 Å². The number of aryl methyl sites for hydroxylation is 2. The van der Waals surface area contributed by atoms with Crippen LogP contribution in [0.3, 0.4) is 0 Å². The number of benzene rings is 1. The second kappa shape index (κ2) is 8.22. The van der Waals surface area contributed by atoms with Crippen LogP contribution in [-0.2, 0) is 6.42 Å². The maximum Gasteiger partial charge on any atom is 0.126 e. The molecular weight excluding hydrogens is 350 g/mol. The third-order valence-electron chi connectivity index (χ3n) is 5.24. The van der Waals surface area contributed by atoms with E-state index in [4.69, 9.17) is 4.98 Å². The summed E-state index contributed by atoms with van der Waals surface area (Å²) in [6.45, 7) is 4.31. The minimum Gasteiger partial charge on any atom is -0.367 e. The van der Waals surface area contributed by atoms with Crippen LogP contribution in [0, 0.1) is 6.92 Å². The van der Waals surface area contributed by atoms with Crippen LogP contribution in [0.5, 0.6) is 0 Å². The number of thiazole rings is 1. The summed E-state index contributed by atoms with van der Waals surface area (Å²) in [6, 6.07) is 13.5. The Morgan fingerprint density at radius 1 is 1.07 bits per heavy atom. The molecule has 1 N–H and O–H groups in total. The summed E-state index contributed by atoms with van der Waals surface area (Å²) in [7, 11) is 0. The second-order valence-corrected chi connectivity index (χ2v) is 8.50. The number of aromatic nitrogens is 2. The van der Waals surface area contributed by atoms with Gasteiger partial charge in [0.15, 0.2) is 0 Å². The first-order chi connectivity index (χ1) is 13.2. The fourth-order valence-corrected chi connectivity index (χ4v) is 4.83. The molecule has 1 saturated carbocycles. The summed E-state index contributed by atoms with van der Waals surface area (Å²) in [6.07, 6.45) is 9.40. The van der Waals surface area contributed by atoms with Crippen LogP contribution in [-0.4, -0.2) is 16.0 Å². The van der Waals surface area contributed by atoms with E-state index in [0.717, 1.165) is 17.9 Å². The van der Waals surface area contributed by atoms with Gasteiger partial charge in [-0.15, -0.1) is 11.3 Å². The Hall–Kier alpha value is -2.20. The molecule has 0 aliphatic heterocycles. The van der Waals surface area contributed by atoms with Crippen LogP contribution in [0.15, 0.2) is 42.6 Å². The van der Waals surface area contributed by atoms with Crippen molar-refractivity contribution in [2.24, 2.45) is 0 Å². The molecule has 1 aromatic carbocycles. The van der Waals surface area contributed by atoms with Gasteiger partial charge >= 0.3 is 0 Å². The highest BCUT2D eigenvalue weighted by molar-refractivity contribution is 7.15. The van der Waals surface area contributed by atoms with E-state index >= 15 is 0 Å². The van der Waals surface area contributed by atoms with Crippen molar-refractivity contribution >= 4 is 17.2 Å². The molecule has 0 unspecified atom stereocenters. The lowest BCUT2D eigenvalue weighted by Gasteiger charge is -2.23. The predicted molar refractivity (Wildman–Crippen MR) is 115 cm³/mol. The van der Waals surface area contributed by atoms with E-state index in [9.17, 15) is 0 Å². The van der Waals surface area contributed by atoms with Gasteiger partial charge in [0.25, 0.3) is 0 Å². The van der Waals surface area contributed by atoms with Crippen molar-refractivity contribution in [2.45, 2.75) is 58.4 Å². The molecule has 2 aromatic heterocycles. The van der Waals surface area contributed by atoms with Gasteiger partial charge in [0, 0.05) is 17.8 Å². The maximum atomic E-state index is 4.94. The number of nitrogens with zero attached hydrogens (tertiary/aromatic N) is 2. The van der Waals surface area contributed by atoms with Crippen LogP contribution in [0.1, 0.15) is 49.6 Å². The molecule has 0 radical (unpaired) electrons. The van der Waals surface area contributed by atoms with E-state index in [0.29, 0.717) is 6.04 Å². The highest BCUT2D eigenvalue weighted by Gasteiger charge is 2.17. The highest BCUT2D eigenvalue weighted by atomic mass is 32.1. The normalized spacial score (nSPS) is 15.0. The van der Waals surface area contributed by atoms with E-state index in [-0.39, 0.29) is 0 Å². The number of nitrogens with one attached hydrogen (secondary N) is 1. The molecule has 0 bridgehead atoms. The van der Waals surface area contributed by atoms with Crippen molar-refractivity contribution in [2.75, 3.05) is 5.32 Å². The first kappa shape index (κ1) is 18.2. The zero-order chi connectivity index (χ0) is 18.6. The van der Waals surface area contributed by atoms with Gasteiger partial charge < -0.3 is 5.32 Å². The third-order valence-corrected chi connectivity index (χ3v) is 6.49. The van der Waals surface area contributed by atoms with E-state index < -0.39 is 0 Å². The lowest BCUT2D eigenvalue weighted by molar-refractivity contribution is 0.462. The molecule has 0 amide bonds. The van der Waals surface area contributed by atoms with Gasteiger partial charge in [-0.3, -0.25) is 0 Å². The van der Waals surface area contributed by atoms with Gasteiger partial charge in [-0.1, -0.05) is 49.9 Å². The Labute approximate surface area is 165 Å². The predicted octanol–water partition coefficient (Wildman–Crippen LogP) is 6.49. The lowest BCUT2D eigenvalue weighted by atomic mass is 9.95. The van der Waals surface area contributed by atoms with E-state index in [1.54, 1.807) is 11.3 Å². The van der Waals surface area contributed by atoms with Crippen LogP contribution in [0.4, 0.5) is 5.82 Å². The Bertz CT molecular complexity index is 909. The first-order valence-corrected chi connectivity index (χ1v) is 10.8. The average Bonchev–Trinajstić information content (AvgIpc) is 3.14. The minimum atomic E-state index is 0.561. The standard InChI is InChI=1S/C23H27N3S/c1-3-21-26-22(17-9-7-8-16(2)14-17)23(27-21)18-12-13-24-20(15-18)25-19-10-5-4-6-11-19/h7-9,12-15,19H,3-6,10-11H2,1-2H3,(H,24,25). The smallest absolute Gasteiger partial charge is 0.126 e.